The fraction of sp³-hybridized carbons (Fsp3) is 0.619. The molecule has 9 nitrogen and oxygen atoms in total. The van der Waals surface area contributed by atoms with Crippen LogP contribution in [0.2, 0.25) is 0 Å². The molecule has 1 fully saturated rings. The molecule has 0 aromatic heterocycles. The van der Waals surface area contributed by atoms with Gasteiger partial charge >= 0.3 is 6.09 Å². The number of benzene rings is 1. The summed E-state index contributed by atoms with van der Waals surface area (Å²) in [6, 6.07) is 5.44. The Labute approximate surface area is 183 Å². The van der Waals surface area contributed by atoms with Crippen LogP contribution in [-0.4, -0.2) is 81.9 Å². The zero-order valence-corrected chi connectivity index (χ0v) is 19.6. The van der Waals surface area contributed by atoms with Crippen molar-refractivity contribution in [3.8, 4) is 5.75 Å². The molecule has 0 N–H and O–H groups in total. The van der Waals surface area contributed by atoms with Crippen LogP contribution >= 0.6 is 0 Å². The molecule has 0 aliphatic carbocycles. The molecule has 172 valence electrons. The Morgan fingerprint density at radius 2 is 1.74 bits per heavy atom. The van der Waals surface area contributed by atoms with Crippen molar-refractivity contribution in [1.82, 2.24) is 9.80 Å². The summed E-state index contributed by atoms with van der Waals surface area (Å²) in [7, 11) is -3.61. The van der Waals surface area contributed by atoms with E-state index in [9.17, 15) is 18.0 Å². The molecule has 2 heterocycles. The van der Waals surface area contributed by atoms with Crippen molar-refractivity contribution in [3.05, 3.63) is 23.8 Å². The SMILES string of the molecule is CCOC(=O)N1CCN(C(=O)C2CN(S(C)(=O)=O)c3cc(C(C)(C)C)ccc3O2)CC1. The van der Waals surface area contributed by atoms with E-state index in [1.807, 2.05) is 32.9 Å². The van der Waals surface area contributed by atoms with Gasteiger partial charge in [-0.1, -0.05) is 26.8 Å². The van der Waals surface area contributed by atoms with Gasteiger partial charge in [-0.3, -0.25) is 9.10 Å². The van der Waals surface area contributed by atoms with Gasteiger partial charge in [0, 0.05) is 26.2 Å². The Morgan fingerprint density at radius 1 is 1.13 bits per heavy atom. The number of hydrogen-bond acceptors (Lipinski definition) is 6. The van der Waals surface area contributed by atoms with Crippen molar-refractivity contribution in [2.75, 3.05) is 49.9 Å². The number of carbonyl (C=O) groups excluding carboxylic acids is 2. The van der Waals surface area contributed by atoms with Crippen LogP contribution in [0.15, 0.2) is 18.2 Å². The lowest BCUT2D eigenvalue weighted by Gasteiger charge is -2.39. The quantitative estimate of drug-likeness (QED) is 0.693. The third kappa shape index (κ3) is 5.06. The number of carbonyl (C=O) groups is 2. The van der Waals surface area contributed by atoms with E-state index in [0.29, 0.717) is 44.2 Å². The second kappa shape index (κ2) is 8.57. The average molecular weight is 454 g/mol. The molecule has 3 rings (SSSR count). The van der Waals surface area contributed by atoms with Crippen molar-refractivity contribution >= 4 is 27.7 Å². The maximum Gasteiger partial charge on any atom is 0.409 e. The molecule has 1 aromatic carbocycles. The standard InChI is InChI=1S/C21H31N3O6S/c1-6-29-20(26)23-11-9-22(10-12-23)19(25)18-14-24(31(5,27)28)16-13-15(21(2,3)4)7-8-17(16)30-18/h7-8,13,18H,6,9-12,14H2,1-5H3. The van der Waals surface area contributed by atoms with E-state index >= 15 is 0 Å². The Bertz CT molecular complexity index is 948. The zero-order valence-electron chi connectivity index (χ0n) is 18.8. The summed E-state index contributed by atoms with van der Waals surface area (Å²) >= 11 is 0. The Morgan fingerprint density at radius 3 is 2.29 bits per heavy atom. The lowest BCUT2D eigenvalue weighted by Crippen LogP contribution is -2.57. The predicted molar refractivity (Wildman–Crippen MR) is 117 cm³/mol. The molecule has 10 heteroatoms. The van der Waals surface area contributed by atoms with Crippen LogP contribution in [-0.2, 0) is 25.0 Å². The van der Waals surface area contributed by atoms with Gasteiger partial charge in [-0.15, -0.1) is 0 Å². The van der Waals surface area contributed by atoms with E-state index in [2.05, 4.69) is 0 Å². The van der Waals surface area contributed by atoms with Gasteiger partial charge in [0.25, 0.3) is 5.91 Å². The summed E-state index contributed by atoms with van der Waals surface area (Å²) in [5.41, 5.74) is 1.26. The Kier molecular flexibility index (Phi) is 6.40. The molecule has 1 saturated heterocycles. The first-order valence-electron chi connectivity index (χ1n) is 10.4. The monoisotopic (exact) mass is 453 g/mol. The fourth-order valence-corrected chi connectivity index (χ4v) is 4.59. The number of hydrogen-bond donors (Lipinski definition) is 0. The summed E-state index contributed by atoms with van der Waals surface area (Å²) in [4.78, 5) is 28.1. The highest BCUT2D eigenvalue weighted by atomic mass is 32.2. The van der Waals surface area contributed by atoms with Crippen molar-refractivity contribution in [3.63, 3.8) is 0 Å². The van der Waals surface area contributed by atoms with Crippen molar-refractivity contribution in [2.45, 2.75) is 39.2 Å². The minimum atomic E-state index is -3.61. The molecule has 0 saturated carbocycles. The maximum atomic E-state index is 13.1. The van der Waals surface area contributed by atoms with Crippen LogP contribution in [0.1, 0.15) is 33.3 Å². The molecule has 0 bridgehead atoms. The van der Waals surface area contributed by atoms with E-state index in [1.54, 1.807) is 22.8 Å². The number of piperazine rings is 1. The largest absolute Gasteiger partial charge is 0.476 e. The molecule has 1 aromatic rings. The summed E-state index contributed by atoms with van der Waals surface area (Å²) < 4.78 is 37.2. The van der Waals surface area contributed by atoms with E-state index < -0.39 is 22.2 Å². The second-order valence-corrected chi connectivity index (χ2v) is 10.8. The van der Waals surface area contributed by atoms with Gasteiger partial charge in [0.05, 0.1) is 25.1 Å². The number of rotatable bonds is 3. The third-order valence-corrected chi connectivity index (χ3v) is 6.63. The average Bonchev–Trinajstić information content (AvgIpc) is 2.71. The van der Waals surface area contributed by atoms with Crippen molar-refractivity contribution in [2.24, 2.45) is 0 Å². The molecular weight excluding hydrogens is 422 g/mol. The number of amides is 2. The minimum Gasteiger partial charge on any atom is -0.476 e. The third-order valence-electron chi connectivity index (χ3n) is 5.49. The molecule has 2 aliphatic heterocycles. The van der Waals surface area contributed by atoms with Gasteiger partial charge in [0.1, 0.15) is 5.75 Å². The van der Waals surface area contributed by atoms with Gasteiger partial charge in [-0.05, 0) is 30.0 Å². The van der Waals surface area contributed by atoms with Crippen molar-refractivity contribution < 1.29 is 27.5 Å². The molecule has 0 spiro atoms. The predicted octanol–water partition coefficient (Wildman–Crippen LogP) is 1.81. The number of fused-ring (bicyclic) bond motifs is 1. The highest BCUT2D eigenvalue weighted by Crippen LogP contribution is 2.38. The van der Waals surface area contributed by atoms with Gasteiger partial charge in [0.15, 0.2) is 6.10 Å². The first-order valence-corrected chi connectivity index (χ1v) is 12.3. The highest BCUT2D eigenvalue weighted by Gasteiger charge is 2.38. The smallest absolute Gasteiger partial charge is 0.409 e. The maximum absolute atomic E-state index is 13.1. The number of anilines is 1. The van der Waals surface area contributed by atoms with Crippen LogP contribution < -0.4 is 9.04 Å². The minimum absolute atomic E-state index is 0.0870. The molecule has 2 amide bonds. The first kappa shape index (κ1) is 23.2. The van der Waals surface area contributed by atoms with Crippen LogP contribution in [0.4, 0.5) is 10.5 Å². The molecule has 31 heavy (non-hydrogen) atoms. The first-order chi connectivity index (χ1) is 14.4. The Balaban J connectivity index is 1.79. The number of nitrogens with zero attached hydrogens (tertiary/aromatic N) is 3. The molecular formula is C21H31N3O6S. The fourth-order valence-electron chi connectivity index (χ4n) is 3.69. The van der Waals surface area contributed by atoms with Crippen LogP contribution in [0.3, 0.4) is 0 Å². The summed E-state index contributed by atoms with van der Waals surface area (Å²) in [6.07, 6.45) is -0.210. The zero-order chi connectivity index (χ0) is 23.0. The van der Waals surface area contributed by atoms with E-state index in [4.69, 9.17) is 9.47 Å². The number of sulfonamides is 1. The second-order valence-electron chi connectivity index (χ2n) is 8.84. The highest BCUT2D eigenvalue weighted by molar-refractivity contribution is 7.92. The van der Waals surface area contributed by atoms with E-state index in [-0.39, 0.29) is 17.9 Å². The molecule has 0 radical (unpaired) electrons. The van der Waals surface area contributed by atoms with E-state index in [1.165, 1.54) is 4.31 Å². The van der Waals surface area contributed by atoms with Gasteiger partial charge < -0.3 is 19.3 Å². The molecule has 1 atom stereocenters. The molecule has 2 aliphatic rings. The number of ether oxygens (including phenoxy) is 2. The van der Waals surface area contributed by atoms with Gasteiger partial charge in [-0.25, -0.2) is 13.2 Å². The van der Waals surface area contributed by atoms with Gasteiger partial charge in [-0.2, -0.15) is 0 Å². The summed E-state index contributed by atoms with van der Waals surface area (Å²) in [6.45, 7) is 9.49. The van der Waals surface area contributed by atoms with Crippen LogP contribution in [0, 0.1) is 0 Å². The van der Waals surface area contributed by atoms with Gasteiger partial charge in [0.2, 0.25) is 10.0 Å². The molecule has 1 unspecified atom stereocenters. The summed E-state index contributed by atoms with van der Waals surface area (Å²) in [5, 5.41) is 0. The summed E-state index contributed by atoms with van der Waals surface area (Å²) in [5.74, 6) is 0.0795. The van der Waals surface area contributed by atoms with Crippen molar-refractivity contribution in [1.29, 1.82) is 0 Å². The lowest BCUT2D eigenvalue weighted by molar-refractivity contribution is -0.140. The normalized spacial score (nSPS) is 19.5. The Hall–Kier alpha value is -2.49. The topological polar surface area (TPSA) is 96.5 Å². The van der Waals surface area contributed by atoms with Crippen LogP contribution in [0.25, 0.3) is 0 Å². The lowest BCUT2D eigenvalue weighted by atomic mass is 9.86. The van der Waals surface area contributed by atoms with E-state index in [0.717, 1.165) is 11.8 Å². The van der Waals surface area contributed by atoms with Crippen LogP contribution in [0.5, 0.6) is 5.75 Å².